The van der Waals surface area contributed by atoms with E-state index in [0.717, 1.165) is 0 Å². The molecule has 1 N–H and O–H groups in total. The fourth-order valence-corrected chi connectivity index (χ4v) is 1.03. The first-order valence-electron chi connectivity index (χ1n) is 3.18. The summed E-state index contributed by atoms with van der Waals surface area (Å²) in [6.07, 6.45) is 1.54. The fourth-order valence-electron chi connectivity index (χ4n) is 0.663. The number of amides is 1. The highest BCUT2D eigenvalue weighted by Gasteiger charge is 2.00. The van der Waals surface area contributed by atoms with Gasteiger partial charge >= 0.3 is 0 Å². The van der Waals surface area contributed by atoms with Crippen molar-refractivity contribution in [3.8, 4) is 0 Å². The van der Waals surface area contributed by atoms with Crippen LogP contribution in [0.2, 0.25) is 5.02 Å². The highest BCUT2D eigenvalue weighted by atomic mass is 79.9. The SMILES string of the molecule is CC(=O)Nc1cc(Cl)c(Br)cn1. The number of nitrogens with one attached hydrogen (secondary N) is 1. The van der Waals surface area contributed by atoms with Crippen LogP contribution in [0, 0.1) is 0 Å². The van der Waals surface area contributed by atoms with Crippen molar-refractivity contribution in [2.45, 2.75) is 6.92 Å². The summed E-state index contributed by atoms with van der Waals surface area (Å²) in [6, 6.07) is 1.58. The minimum Gasteiger partial charge on any atom is -0.311 e. The summed E-state index contributed by atoms with van der Waals surface area (Å²) in [4.78, 5) is 14.5. The van der Waals surface area contributed by atoms with Crippen molar-refractivity contribution in [1.82, 2.24) is 4.98 Å². The number of rotatable bonds is 1. The van der Waals surface area contributed by atoms with Crippen molar-refractivity contribution in [2.24, 2.45) is 0 Å². The molecule has 0 saturated carbocycles. The van der Waals surface area contributed by atoms with Crippen LogP contribution in [0.5, 0.6) is 0 Å². The Kier molecular flexibility index (Phi) is 3.05. The second kappa shape index (κ2) is 3.87. The number of hydrogen-bond donors (Lipinski definition) is 1. The first-order valence-corrected chi connectivity index (χ1v) is 4.35. The number of halogens is 2. The highest BCUT2D eigenvalue weighted by molar-refractivity contribution is 9.10. The van der Waals surface area contributed by atoms with Gasteiger partial charge in [0, 0.05) is 19.2 Å². The predicted octanol–water partition coefficient (Wildman–Crippen LogP) is 2.46. The molecule has 3 nitrogen and oxygen atoms in total. The average molecular weight is 249 g/mol. The molecule has 64 valence electrons. The van der Waals surface area contributed by atoms with Crippen LogP contribution in [0.3, 0.4) is 0 Å². The van der Waals surface area contributed by atoms with Gasteiger partial charge in [0.1, 0.15) is 5.82 Å². The molecule has 0 aliphatic heterocycles. The number of aromatic nitrogens is 1. The van der Waals surface area contributed by atoms with Crippen LogP contribution in [-0.4, -0.2) is 10.9 Å². The molecule has 1 amide bonds. The normalized spacial score (nSPS) is 9.58. The van der Waals surface area contributed by atoms with E-state index < -0.39 is 0 Å². The molecule has 12 heavy (non-hydrogen) atoms. The minimum atomic E-state index is -0.166. The quantitative estimate of drug-likeness (QED) is 0.831. The maximum atomic E-state index is 10.6. The molecule has 0 fully saturated rings. The van der Waals surface area contributed by atoms with Gasteiger partial charge in [-0.25, -0.2) is 4.98 Å². The maximum Gasteiger partial charge on any atom is 0.222 e. The molecular weight excluding hydrogens is 243 g/mol. The van der Waals surface area contributed by atoms with Crippen molar-refractivity contribution < 1.29 is 4.79 Å². The summed E-state index contributed by atoms with van der Waals surface area (Å²) in [5, 5.41) is 3.04. The van der Waals surface area contributed by atoms with Crippen LogP contribution in [0.4, 0.5) is 5.82 Å². The van der Waals surface area contributed by atoms with Crippen molar-refractivity contribution in [2.75, 3.05) is 5.32 Å². The largest absolute Gasteiger partial charge is 0.311 e. The van der Waals surface area contributed by atoms with Gasteiger partial charge in [-0.2, -0.15) is 0 Å². The number of nitrogens with zero attached hydrogens (tertiary/aromatic N) is 1. The number of carbonyl (C=O) groups excluding carboxylic acids is 1. The molecule has 0 aromatic carbocycles. The lowest BCUT2D eigenvalue weighted by Crippen LogP contribution is -2.06. The van der Waals surface area contributed by atoms with Gasteiger partial charge in [-0.3, -0.25) is 4.79 Å². The Bertz CT molecular complexity index is 316. The molecule has 0 atom stereocenters. The fraction of sp³-hybridized carbons (Fsp3) is 0.143. The van der Waals surface area contributed by atoms with Gasteiger partial charge in [0.05, 0.1) is 9.50 Å². The van der Waals surface area contributed by atoms with Crippen molar-refractivity contribution in [1.29, 1.82) is 0 Å². The molecule has 0 aliphatic carbocycles. The van der Waals surface area contributed by atoms with E-state index in [1.54, 1.807) is 6.07 Å². The van der Waals surface area contributed by atoms with Crippen molar-refractivity contribution in [3.05, 3.63) is 21.8 Å². The lowest BCUT2D eigenvalue weighted by molar-refractivity contribution is -0.114. The van der Waals surface area contributed by atoms with E-state index in [9.17, 15) is 4.79 Å². The third-order valence-corrected chi connectivity index (χ3v) is 2.29. The molecular formula is C7H6BrClN2O. The molecule has 0 bridgehead atoms. The Morgan fingerprint density at radius 2 is 2.42 bits per heavy atom. The molecule has 1 rings (SSSR count). The number of hydrogen-bond acceptors (Lipinski definition) is 2. The highest BCUT2D eigenvalue weighted by Crippen LogP contribution is 2.23. The Hall–Kier alpha value is -0.610. The van der Waals surface area contributed by atoms with E-state index in [1.165, 1.54) is 13.1 Å². The summed E-state index contributed by atoms with van der Waals surface area (Å²) in [7, 11) is 0. The Morgan fingerprint density at radius 1 is 1.75 bits per heavy atom. The van der Waals surface area contributed by atoms with Gasteiger partial charge in [-0.05, 0) is 15.9 Å². The van der Waals surface area contributed by atoms with Crippen LogP contribution in [0.15, 0.2) is 16.7 Å². The Balaban J connectivity index is 2.89. The third-order valence-electron chi connectivity index (χ3n) is 1.11. The van der Waals surface area contributed by atoms with Gasteiger partial charge in [0.25, 0.3) is 0 Å². The molecule has 5 heteroatoms. The molecule has 0 radical (unpaired) electrons. The zero-order chi connectivity index (χ0) is 9.14. The van der Waals surface area contributed by atoms with E-state index in [0.29, 0.717) is 15.3 Å². The third kappa shape index (κ3) is 2.46. The number of anilines is 1. The minimum absolute atomic E-state index is 0.166. The van der Waals surface area contributed by atoms with E-state index in [4.69, 9.17) is 11.6 Å². The molecule has 0 aliphatic rings. The van der Waals surface area contributed by atoms with Gasteiger partial charge in [0.15, 0.2) is 0 Å². The number of carbonyl (C=O) groups is 1. The average Bonchev–Trinajstić information content (AvgIpc) is 1.96. The second-order valence-corrected chi connectivity index (χ2v) is 3.43. The summed E-state index contributed by atoms with van der Waals surface area (Å²) >= 11 is 8.95. The van der Waals surface area contributed by atoms with Crippen molar-refractivity contribution in [3.63, 3.8) is 0 Å². The summed E-state index contributed by atoms with van der Waals surface area (Å²) in [5.74, 6) is 0.289. The number of pyridine rings is 1. The molecule has 0 saturated heterocycles. The van der Waals surface area contributed by atoms with Crippen LogP contribution in [-0.2, 0) is 4.79 Å². The lowest BCUT2D eigenvalue weighted by Gasteiger charge is -2.01. The van der Waals surface area contributed by atoms with Crippen LogP contribution in [0.25, 0.3) is 0 Å². The van der Waals surface area contributed by atoms with Crippen LogP contribution in [0.1, 0.15) is 6.92 Å². The van der Waals surface area contributed by atoms with E-state index in [2.05, 4.69) is 26.2 Å². The molecule has 1 aromatic rings. The first kappa shape index (κ1) is 9.48. The van der Waals surface area contributed by atoms with E-state index >= 15 is 0 Å². The first-order chi connectivity index (χ1) is 5.59. The van der Waals surface area contributed by atoms with E-state index in [-0.39, 0.29) is 5.91 Å². The van der Waals surface area contributed by atoms with Crippen LogP contribution < -0.4 is 5.32 Å². The Morgan fingerprint density at radius 3 is 2.92 bits per heavy atom. The molecule has 1 heterocycles. The summed E-state index contributed by atoms with van der Waals surface area (Å²) in [6.45, 7) is 1.41. The van der Waals surface area contributed by atoms with Gasteiger partial charge in [-0.1, -0.05) is 11.6 Å². The van der Waals surface area contributed by atoms with Gasteiger partial charge in [0.2, 0.25) is 5.91 Å². The zero-order valence-electron chi connectivity index (χ0n) is 6.27. The smallest absolute Gasteiger partial charge is 0.222 e. The monoisotopic (exact) mass is 248 g/mol. The van der Waals surface area contributed by atoms with Crippen molar-refractivity contribution >= 4 is 39.3 Å². The standard InChI is InChI=1S/C7H6BrClN2O/c1-4(12)11-7-2-6(9)5(8)3-10-7/h2-3H,1H3,(H,10,11,12). The maximum absolute atomic E-state index is 10.6. The van der Waals surface area contributed by atoms with Gasteiger partial charge in [-0.15, -0.1) is 0 Å². The lowest BCUT2D eigenvalue weighted by atomic mass is 10.4. The summed E-state index contributed by atoms with van der Waals surface area (Å²) < 4.78 is 0.707. The second-order valence-electron chi connectivity index (χ2n) is 2.16. The topological polar surface area (TPSA) is 42.0 Å². The van der Waals surface area contributed by atoms with E-state index in [1.807, 2.05) is 0 Å². The summed E-state index contributed by atoms with van der Waals surface area (Å²) in [5.41, 5.74) is 0. The molecule has 0 unspecified atom stereocenters. The Labute approximate surface area is 83.3 Å². The molecule has 0 spiro atoms. The zero-order valence-corrected chi connectivity index (χ0v) is 8.61. The molecule has 1 aromatic heterocycles. The predicted molar refractivity (Wildman–Crippen MR) is 51.3 cm³/mol. The van der Waals surface area contributed by atoms with Crippen LogP contribution >= 0.6 is 27.5 Å². The van der Waals surface area contributed by atoms with Gasteiger partial charge < -0.3 is 5.32 Å².